The van der Waals surface area contributed by atoms with Crippen LogP contribution in [0.4, 0.5) is 17.3 Å². The number of carbonyl (C=O) groups excluding carboxylic acids is 2. The van der Waals surface area contributed by atoms with Crippen molar-refractivity contribution in [1.29, 1.82) is 0 Å². The number of amides is 1. The molecule has 1 heterocycles. The number of nitrogens with one attached hydrogen (secondary N) is 2. The monoisotopic (exact) mass is 374 g/mol. The van der Waals surface area contributed by atoms with Gasteiger partial charge in [0.2, 0.25) is 5.95 Å². The number of anilines is 3. The van der Waals surface area contributed by atoms with Crippen LogP contribution in [0, 0.1) is 20.8 Å². The van der Waals surface area contributed by atoms with Crippen molar-refractivity contribution in [2.24, 2.45) is 0 Å². The molecule has 0 bridgehead atoms. The number of Topliss-reactive ketones (excluding diaryl/α,β-unsaturated/α-hetero) is 1. The average Bonchev–Trinajstić information content (AvgIpc) is 2.64. The summed E-state index contributed by atoms with van der Waals surface area (Å²) in [5.41, 5.74) is 5.18. The fourth-order valence-corrected chi connectivity index (χ4v) is 2.80. The molecule has 142 valence electrons. The Bertz CT molecular complexity index is 1040. The van der Waals surface area contributed by atoms with Gasteiger partial charge < -0.3 is 10.6 Å². The van der Waals surface area contributed by atoms with E-state index in [9.17, 15) is 9.59 Å². The molecule has 1 amide bonds. The normalized spacial score (nSPS) is 10.4. The molecule has 0 aliphatic heterocycles. The van der Waals surface area contributed by atoms with Crippen molar-refractivity contribution in [3.8, 4) is 0 Å². The Balaban J connectivity index is 1.80. The molecular weight excluding hydrogens is 352 g/mol. The first-order chi connectivity index (χ1) is 13.3. The van der Waals surface area contributed by atoms with Gasteiger partial charge in [0, 0.05) is 22.6 Å². The van der Waals surface area contributed by atoms with Crippen molar-refractivity contribution in [1.82, 2.24) is 9.97 Å². The van der Waals surface area contributed by atoms with E-state index in [4.69, 9.17) is 0 Å². The molecule has 3 rings (SSSR count). The minimum absolute atomic E-state index is 0.00344. The maximum absolute atomic E-state index is 12.7. The molecule has 2 aromatic carbocycles. The number of nitrogens with zero attached hydrogens (tertiary/aromatic N) is 2. The third kappa shape index (κ3) is 4.59. The number of benzene rings is 2. The van der Waals surface area contributed by atoms with E-state index in [0.29, 0.717) is 17.2 Å². The van der Waals surface area contributed by atoms with Crippen LogP contribution in [0.5, 0.6) is 0 Å². The van der Waals surface area contributed by atoms with E-state index in [1.807, 2.05) is 32.0 Å². The molecule has 0 saturated carbocycles. The third-order valence-corrected chi connectivity index (χ3v) is 4.26. The Morgan fingerprint density at radius 1 is 0.893 bits per heavy atom. The molecule has 6 nitrogen and oxygen atoms in total. The van der Waals surface area contributed by atoms with E-state index in [1.165, 1.54) is 6.92 Å². The Morgan fingerprint density at radius 3 is 2.25 bits per heavy atom. The van der Waals surface area contributed by atoms with Gasteiger partial charge in [0.1, 0.15) is 5.69 Å². The van der Waals surface area contributed by atoms with Crippen LogP contribution in [0.3, 0.4) is 0 Å². The Kier molecular flexibility index (Phi) is 5.49. The first kappa shape index (κ1) is 19.2. The van der Waals surface area contributed by atoms with Gasteiger partial charge in [-0.15, -0.1) is 0 Å². The molecule has 6 heteroatoms. The van der Waals surface area contributed by atoms with Crippen LogP contribution >= 0.6 is 0 Å². The lowest BCUT2D eigenvalue weighted by Crippen LogP contribution is -2.16. The molecule has 3 aromatic rings. The molecular formula is C22H22N4O2. The van der Waals surface area contributed by atoms with E-state index in [1.54, 1.807) is 37.3 Å². The zero-order chi connectivity index (χ0) is 20.3. The standard InChI is InChI=1S/C22H22N4O2/c1-13-5-10-19(14(2)11-13)25-21(28)20-12-15(3)23-22(26-20)24-18-8-6-17(7-9-18)16(4)27/h5-12H,1-4H3,(H,25,28)(H,23,24,26). The highest BCUT2D eigenvalue weighted by molar-refractivity contribution is 6.03. The van der Waals surface area contributed by atoms with Crippen molar-refractivity contribution in [3.63, 3.8) is 0 Å². The summed E-state index contributed by atoms with van der Waals surface area (Å²) in [4.78, 5) is 32.7. The van der Waals surface area contributed by atoms with Crippen LogP contribution in [0.2, 0.25) is 0 Å². The van der Waals surface area contributed by atoms with E-state index < -0.39 is 0 Å². The first-order valence-corrected chi connectivity index (χ1v) is 8.94. The number of hydrogen-bond donors (Lipinski definition) is 2. The minimum atomic E-state index is -0.299. The number of aryl methyl sites for hydroxylation is 3. The number of hydrogen-bond acceptors (Lipinski definition) is 5. The molecule has 0 aliphatic rings. The van der Waals surface area contributed by atoms with Gasteiger partial charge in [-0.25, -0.2) is 9.97 Å². The van der Waals surface area contributed by atoms with Crippen LogP contribution in [-0.4, -0.2) is 21.7 Å². The largest absolute Gasteiger partial charge is 0.324 e. The van der Waals surface area contributed by atoms with Crippen molar-refractivity contribution in [2.75, 3.05) is 10.6 Å². The predicted octanol–water partition coefficient (Wildman–Crippen LogP) is 4.60. The summed E-state index contributed by atoms with van der Waals surface area (Å²) in [5.74, 6) is 0.0255. The highest BCUT2D eigenvalue weighted by Gasteiger charge is 2.12. The summed E-state index contributed by atoms with van der Waals surface area (Å²) in [6.07, 6.45) is 0. The first-order valence-electron chi connectivity index (χ1n) is 8.94. The van der Waals surface area contributed by atoms with E-state index in [-0.39, 0.29) is 17.4 Å². The van der Waals surface area contributed by atoms with Gasteiger partial charge >= 0.3 is 0 Å². The SMILES string of the molecule is CC(=O)c1ccc(Nc2nc(C)cc(C(=O)Nc3ccc(C)cc3C)n2)cc1. The minimum Gasteiger partial charge on any atom is -0.324 e. The highest BCUT2D eigenvalue weighted by Crippen LogP contribution is 2.18. The molecule has 0 atom stereocenters. The molecule has 2 N–H and O–H groups in total. The van der Waals surface area contributed by atoms with Crippen molar-refractivity contribution >= 4 is 29.0 Å². The van der Waals surface area contributed by atoms with Crippen LogP contribution in [0.1, 0.15) is 44.6 Å². The van der Waals surface area contributed by atoms with Crippen LogP contribution < -0.4 is 10.6 Å². The molecule has 0 saturated heterocycles. The lowest BCUT2D eigenvalue weighted by molar-refractivity contribution is 0.101. The van der Waals surface area contributed by atoms with E-state index in [2.05, 4.69) is 20.6 Å². The lowest BCUT2D eigenvalue weighted by atomic mass is 10.1. The summed E-state index contributed by atoms with van der Waals surface area (Å²) < 4.78 is 0. The fourth-order valence-electron chi connectivity index (χ4n) is 2.80. The topological polar surface area (TPSA) is 84.0 Å². The quantitative estimate of drug-likeness (QED) is 0.638. The van der Waals surface area contributed by atoms with Gasteiger partial charge in [-0.3, -0.25) is 9.59 Å². The zero-order valence-corrected chi connectivity index (χ0v) is 16.3. The second-order valence-electron chi connectivity index (χ2n) is 6.75. The molecule has 0 unspecified atom stereocenters. The van der Waals surface area contributed by atoms with Gasteiger partial charge in [-0.1, -0.05) is 17.7 Å². The Labute approximate surface area is 164 Å². The number of ketones is 1. The Hall–Kier alpha value is -3.54. The zero-order valence-electron chi connectivity index (χ0n) is 16.3. The fraction of sp³-hybridized carbons (Fsp3) is 0.182. The van der Waals surface area contributed by atoms with Crippen molar-refractivity contribution in [2.45, 2.75) is 27.7 Å². The van der Waals surface area contributed by atoms with Gasteiger partial charge in [-0.2, -0.15) is 0 Å². The van der Waals surface area contributed by atoms with E-state index >= 15 is 0 Å². The van der Waals surface area contributed by atoms with E-state index in [0.717, 1.165) is 22.5 Å². The Morgan fingerprint density at radius 2 is 1.61 bits per heavy atom. The summed E-state index contributed by atoms with van der Waals surface area (Å²) in [6, 6.07) is 14.5. The maximum Gasteiger partial charge on any atom is 0.274 e. The molecule has 0 radical (unpaired) electrons. The van der Waals surface area contributed by atoms with Crippen molar-refractivity contribution < 1.29 is 9.59 Å². The molecule has 1 aromatic heterocycles. The van der Waals surface area contributed by atoms with Crippen LogP contribution in [-0.2, 0) is 0 Å². The van der Waals surface area contributed by atoms with Gasteiger partial charge in [0.15, 0.2) is 5.78 Å². The summed E-state index contributed by atoms with van der Waals surface area (Å²) >= 11 is 0. The summed E-state index contributed by atoms with van der Waals surface area (Å²) in [6.45, 7) is 7.28. The number of rotatable bonds is 5. The molecule has 0 fully saturated rings. The van der Waals surface area contributed by atoms with Crippen LogP contribution in [0.15, 0.2) is 48.5 Å². The number of aromatic nitrogens is 2. The maximum atomic E-state index is 12.7. The highest BCUT2D eigenvalue weighted by atomic mass is 16.2. The van der Waals surface area contributed by atoms with Gasteiger partial charge in [0.05, 0.1) is 0 Å². The predicted molar refractivity (Wildman–Crippen MR) is 110 cm³/mol. The molecule has 28 heavy (non-hydrogen) atoms. The second kappa shape index (κ2) is 8.00. The lowest BCUT2D eigenvalue weighted by Gasteiger charge is -2.11. The van der Waals surface area contributed by atoms with Gasteiger partial charge in [-0.05, 0) is 69.7 Å². The molecule has 0 spiro atoms. The second-order valence-corrected chi connectivity index (χ2v) is 6.75. The average molecular weight is 374 g/mol. The number of carbonyl (C=O) groups is 2. The van der Waals surface area contributed by atoms with Crippen molar-refractivity contribution in [3.05, 3.63) is 76.6 Å². The van der Waals surface area contributed by atoms with Gasteiger partial charge in [0.25, 0.3) is 5.91 Å². The summed E-state index contributed by atoms with van der Waals surface area (Å²) in [7, 11) is 0. The van der Waals surface area contributed by atoms with Crippen LogP contribution in [0.25, 0.3) is 0 Å². The smallest absolute Gasteiger partial charge is 0.274 e. The third-order valence-electron chi connectivity index (χ3n) is 4.26. The summed E-state index contributed by atoms with van der Waals surface area (Å²) in [5, 5.41) is 5.97. The molecule has 0 aliphatic carbocycles.